The van der Waals surface area contributed by atoms with Gasteiger partial charge < -0.3 is 4.74 Å². The number of carbonyl (C=O) groups excluding carboxylic acids is 1. The lowest BCUT2D eigenvalue weighted by Gasteiger charge is -2.28. The number of hydrogen-bond donors (Lipinski definition) is 0. The summed E-state index contributed by atoms with van der Waals surface area (Å²) in [6, 6.07) is 0. The molecule has 12 heavy (non-hydrogen) atoms. The average molecular weight is 211 g/mol. The predicted octanol–water partition coefficient (Wildman–Crippen LogP) is 2.32. The van der Waals surface area contributed by atoms with Crippen LogP contribution in [0.3, 0.4) is 0 Å². The van der Waals surface area contributed by atoms with Crippen molar-refractivity contribution in [1.82, 2.24) is 0 Å². The van der Waals surface area contributed by atoms with E-state index in [1.54, 1.807) is 0 Å². The van der Waals surface area contributed by atoms with E-state index in [2.05, 4.69) is 0 Å². The standard InChI is InChI=1S/C8H12Cl2O2/c1-5(11)12-6-2-3-7(9)8(10)4-6/h6-8H,2-4H2,1H3/t6-,7+,8+/m1/s1. The molecule has 0 aromatic heterocycles. The fraction of sp³-hybridized carbons (Fsp3) is 0.875. The van der Waals surface area contributed by atoms with Crippen molar-refractivity contribution in [3.8, 4) is 0 Å². The SMILES string of the molecule is CC(=O)O[C@@H]1CC[C@H](Cl)[C@@H](Cl)C1. The number of rotatable bonds is 1. The van der Waals surface area contributed by atoms with Gasteiger partial charge in [0.05, 0.1) is 10.8 Å². The zero-order valence-corrected chi connectivity index (χ0v) is 8.44. The summed E-state index contributed by atoms with van der Waals surface area (Å²) in [4.78, 5) is 10.6. The summed E-state index contributed by atoms with van der Waals surface area (Å²) in [5, 5.41) is -0.0387. The Kier molecular flexibility index (Phi) is 3.66. The van der Waals surface area contributed by atoms with E-state index in [1.807, 2.05) is 0 Å². The monoisotopic (exact) mass is 210 g/mol. The van der Waals surface area contributed by atoms with Crippen LogP contribution < -0.4 is 0 Å². The molecular weight excluding hydrogens is 199 g/mol. The van der Waals surface area contributed by atoms with Crippen LogP contribution in [0, 0.1) is 0 Å². The first kappa shape index (κ1) is 10.1. The molecule has 1 aliphatic rings. The van der Waals surface area contributed by atoms with E-state index in [-0.39, 0.29) is 22.8 Å². The molecule has 1 fully saturated rings. The Morgan fingerprint density at radius 3 is 2.50 bits per heavy atom. The van der Waals surface area contributed by atoms with E-state index in [4.69, 9.17) is 27.9 Å². The molecule has 0 heterocycles. The van der Waals surface area contributed by atoms with E-state index in [0.29, 0.717) is 6.42 Å². The van der Waals surface area contributed by atoms with Gasteiger partial charge in [0.15, 0.2) is 0 Å². The number of carbonyl (C=O) groups is 1. The van der Waals surface area contributed by atoms with Crippen LogP contribution in [0.5, 0.6) is 0 Å². The minimum Gasteiger partial charge on any atom is -0.463 e. The van der Waals surface area contributed by atoms with Crippen molar-refractivity contribution in [3.05, 3.63) is 0 Å². The topological polar surface area (TPSA) is 26.3 Å². The molecule has 0 saturated heterocycles. The molecule has 1 saturated carbocycles. The summed E-state index contributed by atoms with van der Waals surface area (Å²) in [5.74, 6) is -0.239. The number of alkyl halides is 2. The molecular formula is C8H12Cl2O2. The summed E-state index contributed by atoms with van der Waals surface area (Å²) in [5.41, 5.74) is 0. The van der Waals surface area contributed by atoms with Gasteiger partial charge >= 0.3 is 5.97 Å². The summed E-state index contributed by atoms with van der Waals surface area (Å²) < 4.78 is 5.03. The molecule has 0 aromatic carbocycles. The molecule has 0 amide bonds. The van der Waals surface area contributed by atoms with Gasteiger partial charge in [-0.05, 0) is 12.8 Å². The molecule has 4 heteroatoms. The van der Waals surface area contributed by atoms with Gasteiger partial charge in [-0.3, -0.25) is 4.79 Å². The predicted molar refractivity (Wildman–Crippen MR) is 48.7 cm³/mol. The minimum atomic E-state index is -0.239. The van der Waals surface area contributed by atoms with Crippen LogP contribution in [0.15, 0.2) is 0 Å². The van der Waals surface area contributed by atoms with Gasteiger partial charge in [0.2, 0.25) is 0 Å². The highest BCUT2D eigenvalue weighted by atomic mass is 35.5. The Morgan fingerprint density at radius 1 is 1.33 bits per heavy atom. The van der Waals surface area contributed by atoms with Crippen molar-refractivity contribution in [2.75, 3.05) is 0 Å². The Morgan fingerprint density at radius 2 is 2.00 bits per heavy atom. The molecule has 70 valence electrons. The maximum atomic E-state index is 10.6. The lowest BCUT2D eigenvalue weighted by Crippen LogP contribution is -2.31. The van der Waals surface area contributed by atoms with Gasteiger partial charge in [-0.2, -0.15) is 0 Å². The highest BCUT2D eigenvalue weighted by Gasteiger charge is 2.29. The average Bonchev–Trinajstić information content (AvgIpc) is 1.96. The minimum absolute atomic E-state index is 0.0264. The molecule has 0 bridgehead atoms. The van der Waals surface area contributed by atoms with E-state index in [0.717, 1.165) is 12.8 Å². The van der Waals surface area contributed by atoms with Crippen LogP contribution in [0.2, 0.25) is 0 Å². The van der Waals surface area contributed by atoms with Crippen molar-refractivity contribution in [2.45, 2.75) is 43.0 Å². The largest absolute Gasteiger partial charge is 0.463 e. The van der Waals surface area contributed by atoms with Crippen LogP contribution in [0.4, 0.5) is 0 Å². The fourth-order valence-electron chi connectivity index (χ4n) is 1.38. The number of halogens is 2. The van der Waals surface area contributed by atoms with Crippen LogP contribution >= 0.6 is 23.2 Å². The number of hydrogen-bond acceptors (Lipinski definition) is 2. The third-order valence-corrected chi connectivity index (χ3v) is 3.11. The lowest BCUT2D eigenvalue weighted by atomic mass is 9.97. The van der Waals surface area contributed by atoms with Gasteiger partial charge in [-0.25, -0.2) is 0 Å². The van der Waals surface area contributed by atoms with Gasteiger partial charge in [-0.15, -0.1) is 23.2 Å². The first-order valence-corrected chi connectivity index (χ1v) is 4.92. The Balaban J connectivity index is 2.35. The van der Waals surface area contributed by atoms with Crippen LogP contribution in [0.1, 0.15) is 26.2 Å². The summed E-state index contributed by atoms with van der Waals surface area (Å²) in [6.07, 6.45) is 2.31. The maximum absolute atomic E-state index is 10.6. The molecule has 2 nitrogen and oxygen atoms in total. The Hall–Kier alpha value is 0.0500. The normalized spacial score (nSPS) is 36.1. The maximum Gasteiger partial charge on any atom is 0.302 e. The molecule has 0 aromatic rings. The molecule has 0 radical (unpaired) electrons. The molecule has 0 spiro atoms. The van der Waals surface area contributed by atoms with E-state index < -0.39 is 0 Å². The summed E-state index contributed by atoms with van der Waals surface area (Å²) in [6.45, 7) is 1.41. The van der Waals surface area contributed by atoms with Crippen molar-refractivity contribution < 1.29 is 9.53 Å². The van der Waals surface area contributed by atoms with Crippen molar-refractivity contribution in [3.63, 3.8) is 0 Å². The third kappa shape index (κ3) is 2.83. The lowest BCUT2D eigenvalue weighted by molar-refractivity contribution is -0.147. The van der Waals surface area contributed by atoms with Gasteiger partial charge in [0, 0.05) is 13.3 Å². The molecule has 0 aliphatic heterocycles. The molecule has 1 rings (SSSR count). The third-order valence-electron chi connectivity index (χ3n) is 1.98. The number of ether oxygens (including phenoxy) is 1. The molecule has 0 N–H and O–H groups in total. The van der Waals surface area contributed by atoms with Crippen molar-refractivity contribution in [2.24, 2.45) is 0 Å². The van der Waals surface area contributed by atoms with E-state index in [9.17, 15) is 4.79 Å². The second-order valence-electron chi connectivity index (χ2n) is 3.08. The zero-order valence-electron chi connectivity index (χ0n) is 6.93. The first-order valence-electron chi connectivity index (χ1n) is 4.05. The quantitative estimate of drug-likeness (QED) is 0.491. The van der Waals surface area contributed by atoms with Crippen LogP contribution in [-0.2, 0) is 9.53 Å². The Labute approximate surface area is 82.2 Å². The number of esters is 1. The van der Waals surface area contributed by atoms with Crippen molar-refractivity contribution in [1.29, 1.82) is 0 Å². The van der Waals surface area contributed by atoms with Crippen LogP contribution in [0.25, 0.3) is 0 Å². The smallest absolute Gasteiger partial charge is 0.302 e. The first-order chi connectivity index (χ1) is 5.59. The fourth-order valence-corrected chi connectivity index (χ4v) is 1.94. The van der Waals surface area contributed by atoms with Crippen molar-refractivity contribution >= 4 is 29.2 Å². The second-order valence-corrected chi connectivity index (χ2v) is 4.20. The summed E-state index contributed by atoms with van der Waals surface area (Å²) in [7, 11) is 0. The molecule has 1 aliphatic carbocycles. The zero-order chi connectivity index (χ0) is 9.14. The summed E-state index contributed by atoms with van der Waals surface area (Å²) >= 11 is 11.8. The highest BCUT2D eigenvalue weighted by molar-refractivity contribution is 6.30. The van der Waals surface area contributed by atoms with Crippen LogP contribution in [-0.4, -0.2) is 22.8 Å². The molecule has 3 atom stereocenters. The van der Waals surface area contributed by atoms with E-state index in [1.165, 1.54) is 6.92 Å². The van der Waals surface area contributed by atoms with E-state index >= 15 is 0 Å². The highest BCUT2D eigenvalue weighted by Crippen LogP contribution is 2.29. The molecule has 0 unspecified atom stereocenters. The van der Waals surface area contributed by atoms with Gasteiger partial charge in [0.25, 0.3) is 0 Å². The second kappa shape index (κ2) is 4.33. The Bertz CT molecular complexity index is 172. The van der Waals surface area contributed by atoms with Gasteiger partial charge in [-0.1, -0.05) is 0 Å². The van der Waals surface area contributed by atoms with Gasteiger partial charge in [0.1, 0.15) is 6.10 Å².